The van der Waals surface area contributed by atoms with Crippen molar-refractivity contribution in [3.63, 3.8) is 0 Å². The molecule has 1 atom stereocenters. The molecule has 148 valence electrons. The molecule has 3 aliphatic heterocycles. The van der Waals surface area contributed by atoms with Crippen molar-refractivity contribution in [3.05, 3.63) is 35.6 Å². The number of halogens is 1. The SMILES string of the molecule is O=C(c1cccc(F)c1)N1CC2(C1)CS(=O)(=O)[C@@H](CN1CCOCC1)CO2. The summed E-state index contributed by atoms with van der Waals surface area (Å²) in [6.45, 7) is 3.72. The van der Waals surface area contributed by atoms with Crippen LogP contribution in [-0.2, 0) is 19.3 Å². The molecule has 0 unspecified atom stereocenters. The Morgan fingerprint density at radius 2 is 2.00 bits per heavy atom. The maximum absolute atomic E-state index is 13.3. The zero-order valence-corrected chi connectivity index (χ0v) is 15.8. The highest BCUT2D eigenvalue weighted by Gasteiger charge is 2.54. The molecular weight excluding hydrogens is 375 g/mol. The molecule has 0 aromatic heterocycles. The normalized spacial score (nSPS) is 27.3. The van der Waals surface area contributed by atoms with E-state index in [4.69, 9.17) is 9.47 Å². The Kier molecular flexibility index (Phi) is 4.96. The monoisotopic (exact) mass is 398 g/mol. The van der Waals surface area contributed by atoms with Gasteiger partial charge in [-0.2, -0.15) is 0 Å². The van der Waals surface area contributed by atoms with Gasteiger partial charge < -0.3 is 14.4 Å². The van der Waals surface area contributed by atoms with E-state index in [1.54, 1.807) is 6.07 Å². The zero-order chi connectivity index (χ0) is 19.1. The molecule has 1 amide bonds. The number of benzene rings is 1. The Morgan fingerprint density at radius 3 is 2.67 bits per heavy atom. The maximum atomic E-state index is 13.3. The molecule has 9 heteroatoms. The van der Waals surface area contributed by atoms with Crippen molar-refractivity contribution in [2.24, 2.45) is 0 Å². The summed E-state index contributed by atoms with van der Waals surface area (Å²) >= 11 is 0. The fraction of sp³-hybridized carbons (Fsp3) is 0.611. The van der Waals surface area contributed by atoms with E-state index in [0.29, 0.717) is 19.8 Å². The van der Waals surface area contributed by atoms with Crippen LogP contribution in [0.15, 0.2) is 24.3 Å². The minimum atomic E-state index is -3.32. The Bertz CT molecular complexity index is 819. The molecule has 1 spiro atoms. The zero-order valence-electron chi connectivity index (χ0n) is 15.0. The second kappa shape index (κ2) is 7.12. The van der Waals surface area contributed by atoms with Crippen LogP contribution in [0.3, 0.4) is 0 Å². The van der Waals surface area contributed by atoms with E-state index in [0.717, 1.165) is 13.1 Å². The van der Waals surface area contributed by atoms with Gasteiger partial charge in [0.25, 0.3) is 5.91 Å². The predicted molar refractivity (Wildman–Crippen MR) is 95.8 cm³/mol. The highest BCUT2D eigenvalue weighted by molar-refractivity contribution is 7.92. The van der Waals surface area contributed by atoms with Crippen LogP contribution in [0, 0.1) is 5.82 Å². The molecule has 1 aromatic rings. The summed E-state index contributed by atoms with van der Waals surface area (Å²) in [5, 5.41) is -0.547. The fourth-order valence-corrected chi connectivity index (χ4v) is 5.87. The third kappa shape index (κ3) is 3.87. The van der Waals surface area contributed by atoms with Crippen molar-refractivity contribution in [1.82, 2.24) is 9.80 Å². The first kappa shape index (κ1) is 18.8. The molecule has 4 rings (SSSR count). The number of ether oxygens (including phenoxy) is 2. The summed E-state index contributed by atoms with van der Waals surface area (Å²) in [6.07, 6.45) is 0. The Morgan fingerprint density at radius 1 is 1.26 bits per heavy atom. The number of likely N-dealkylation sites (tertiary alicyclic amines) is 1. The van der Waals surface area contributed by atoms with E-state index in [1.807, 2.05) is 0 Å². The second-order valence-corrected chi connectivity index (χ2v) is 9.79. The molecule has 0 saturated carbocycles. The lowest BCUT2D eigenvalue weighted by Crippen LogP contribution is -2.71. The van der Waals surface area contributed by atoms with Gasteiger partial charge in [0, 0.05) is 25.2 Å². The Balaban J connectivity index is 1.36. The molecular formula is C18H23FN2O5S. The number of carbonyl (C=O) groups excluding carboxylic acids is 1. The first-order valence-corrected chi connectivity index (χ1v) is 10.8. The average molecular weight is 398 g/mol. The van der Waals surface area contributed by atoms with Crippen molar-refractivity contribution in [3.8, 4) is 0 Å². The molecule has 7 nitrogen and oxygen atoms in total. The molecule has 27 heavy (non-hydrogen) atoms. The van der Waals surface area contributed by atoms with Crippen molar-refractivity contribution < 1.29 is 27.1 Å². The van der Waals surface area contributed by atoms with E-state index >= 15 is 0 Å². The van der Waals surface area contributed by atoms with Gasteiger partial charge in [-0.15, -0.1) is 0 Å². The minimum absolute atomic E-state index is 0.0814. The van der Waals surface area contributed by atoms with Gasteiger partial charge >= 0.3 is 0 Å². The van der Waals surface area contributed by atoms with Gasteiger partial charge in [-0.25, -0.2) is 12.8 Å². The molecule has 3 fully saturated rings. The standard InChI is InChI=1S/C18H23FN2O5S/c19-15-3-1-2-14(8-15)17(22)21-11-18(12-21)13-27(23,24)16(10-26-18)9-20-4-6-25-7-5-20/h1-3,8,16H,4-7,9-13H2/t16-/m0/s1. The van der Waals surface area contributed by atoms with Gasteiger partial charge in [0.05, 0.1) is 43.9 Å². The third-order valence-electron chi connectivity index (χ3n) is 5.43. The van der Waals surface area contributed by atoms with Crippen molar-refractivity contribution >= 4 is 15.7 Å². The summed E-state index contributed by atoms with van der Waals surface area (Å²) in [7, 11) is -3.32. The van der Waals surface area contributed by atoms with Crippen LogP contribution in [0.2, 0.25) is 0 Å². The Labute approximate surface area is 157 Å². The van der Waals surface area contributed by atoms with Crippen molar-refractivity contribution in [2.45, 2.75) is 10.9 Å². The van der Waals surface area contributed by atoms with Crippen LogP contribution in [0.25, 0.3) is 0 Å². The first-order chi connectivity index (χ1) is 12.9. The second-order valence-electron chi connectivity index (χ2n) is 7.51. The third-order valence-corrected chi connectivity index (χ3v) is 7.66. The van der Waals surface area contributed by atoms with Crippen molar-refractivity contribution in [2.75, 3.05) is 58.3 Å². The molecule has 1 aromatic carbocycles. The van der Waals surface area contributed by atoms with Crippen molar-refractivity contribution in [1.29, 1.82) is 0 Å². The van der Waals surface area contributed by atoms with Gasteiger partial charge in [-0.1, -0.05) is 6.07 Å². The smallest absolute Gasteiger partial charge is 0.254 e. The van der Waals surface area contributed by atoms with Gasteiger partial charge in [0.1, 0.15) is 11.4 Å². The number of nitrogens with zero attached hydrogens (tertiary/aromatic N) is 2. The summed E-state index contributed by atoms with van der Waals surface area (Å²) in [6, 6.07) is 5.49. The minimum Gasteiger partial charge on any atom is -0.379 e. The highest BCUT2D eigenvalue weighted by atomic mass is 32.2. The number of hydrogen-bond donors (Lipinski definition) is 0. The van der Waals surface area contributed by atoms with Crippen LogP contribution in [0.4, 0.5) is 4.39 Å². The molecule has 3 saturated heterocycles. The molecule has 0 radical (unpaired) electrons. The Hall–Kier alpha value is -1.55. The molecule has 0 N–H and O–H groups in total. The molecule has 3 heterocycles. The number of sulfone groups is 1. The number of carbonyl (C=O) groups is 1. The lowest BCUT2D eigenvalue weighted by molar-refractivity contribution is -0.121. The highest BCUT2D eigenvalue weighted by Crippen LogP contribution is 2.33. The lowest BCUT2D eigenvalue weighted by Gasteiger charge is -2.52. The maximum Gasteiger partial charge on any atom is 0.254 e. The van der Waals surface area contributed by atoms with Gasteiger partial charge in [-0.3, -0.25) is 9.69 Å². The van der Waals surface area contributed by atoms with Gasteiger partial charge in [0.15, 0.2) is 9.84 Å². The van der Waals surface area contributed by atoms with E-state index in [-0.39, 0.29) is 36.9 Å². The summed E-state index contributed by atoms with van der Waals surface area (Å²) in [5.74, 6) is -0.864. The van der Waals surface area contributed by atoms with Crippen LogP contribution in [0.5, 0.6) is 0 Å². The number of rotatable bonds is 3. The summed E-state index contributed by atoms with van der Waals surface area (Å²) < 4.78 is 50.1. The molecule has 0 aliphatic carbocycles. The molecule has 0 bridgehead atoms. The van der Waals surface area contributed by atoms with E-state index in [9.17, 15) is 17.6 Å². The first-order valence-electron chi connectivity index (χ1n) is 9.07. The van der Waals surface area contributed by atoms with Crippen LogP contribution < -0.4 is 0 Å². The van der Waals surface area contributed by atoms with Crippen LogP contribution >= 0.6 is 0 Å². The summed E-state index contributed by atoms with van der Waals surface area (Å²) in [5.41, 5.74) is -0.572. The van der Waals surface area contributed by atoms with Crippen LogP contribution in [0.1, 0.15) is 10.4 Å². The topological polar surface area (TPSA) is 76.2 Å². The number of amides is 1. The average Bonchev–Trinajstić information content (AvgIpc) is 2.61. The fourth-order valence-electron chi connectivity index (χ4n) is 3.92. The van der Waals surface area contributed by atoms with Gasteiger partial charge in [-0.05, 0) is 18.2 Å². The predicted octanol–water partition coefficient (Wildman–Crippen LogP) is 0.166. The summed E-state index contributed by atoms with van der Waals surface area (Å²) in [4.78, 5) is 16.0. The van der Waals surface area contributed by atoms with Gasteiger partial charge in [0.2, 0.25) is 0 Å². The van der Waals surface area contributed by atoms with E-state index in [2.05, 4.69) is 4.90 Å². The number of morpholine rings is 1. The van der Waals surface area contributed by atoms with Crippen LogP contribution in [-0.4, -0.2) is 93.3 Å². The van der Waals surface area contributed by atoms with E-state index < -0.39 is 26.5 Å². The number of hydrogen-bond acceptors (Lipinski definition) is 6. The lowest BCUT2D eigenvalue weighted by atomic mass is 9.94. The quantitative estimate of drug-likeness (QED) is 0.722. The van der Waals surface area contributed by atoms with E-state index in [1.165, 1.54) is 23.1 Å². The molecule has 3 aliphatic rings. The largest absolute Gasteiger partial charge is 0.379 e.